The molecule has 1 unspecified atom stereocenters. The Bertz CT molecular complexity index is 78.6. The summed E-state index contributed by atoms with van der Waals surface area (Å²) in [7, 11) is 0.193. The van der Waals surface area contributed by atoms with Crippen molar-refractivity contribution in [2.24, 2.45) is 0 Å². The molecule has 0 aromatic heterocycles. The van der Waals surface area contributed by atoms with E-state index < -0.39 is 0 Å². The third kappa shape index (κ3) is 4.34. The highest BCUT2D eigenvalue weighted by Gasteiger charge is 1.89. The third-order valence-electron chi connectivity index (χ3n) is 0.751. The molecule has 0 spiro atoms. The van der Waals surface area contributed by atoms with Crippen molar-refractivity contribution in [3.8, 4) is 0 Å². The molecule has 0 aromatic carbocycles. The van der Waals surface area contributed by atoms with Crippen LogP contribution in [0.25, 0.3) is 0 Å². The molecule has 0 fully saturated rings. The van der Waals surface area contributed by atoms with E-state index in [9.17, 15) is 0 Å². The largest absolute Gasteiger partial charge is 0.268 e. The Kier molecular flexibility index (Phi) is 4.19. The predicted molar refractivity (Wildman–Crippen MR) is 43.5 cm³/mol. The molecule has 2 heteroatoms. The molecule has 1 nitrogen and oxygen atoms in total. The zero-order valence-corrected chi connectivity index (χ0v) is 6.72. The Morgan fingerprint density at radius 1 is 1.62 bits per heavy atom. The van der Waals surface area contributed by atoms with Gasteiger partial charge in [0.1, 0.15) is 0 Å². The van der Waals surface area contributed by atoms with E-state index in [1.165, 1.54) is 0 Å². The molecule has 0 heterocycles. The summed E-state index contributed by atoms with van der Waals surface area (Å²) in [6.07, 6.45) is 0. The summed E-state index contributed by atoms with van der Waals surface area (Å²) in [5.74, 6) is 5.05. The first-order valence-electron chi connectivity index (χ1n) is 2.93. The van der Waals surface area contributed by atoms with Crippen LogP contribution in [0.4, 0.5) is 0 Å². The van der Waals surface area contributed by atoms with Crippen LogP contribution in [0.15, 0.2) is 0 Å². The lowest BCUT2D eigenvalue weighted by Gasteiger charge is -2.09. The van der Waals surface area contributed by atoms with Gasteiger partial charge in [-0.1, -0.05) is 12.8 Å². The SMILES string of the molecule is C=S(CC)NC(C)C. The normalized spacial score (nSPS) is 14.5. The first-order valence-corrected chi connectivity index (χ1v) is 4.49. The lowest BCUT2D eigenvalue weighted by Crippen LogP contribution is -2.16. The van der Waals surface area contributed by atoms with Gasteiger partial charge in [0.15, 0.2) is 0 Å². The predicted octanol–water partition coefficient (Wildman–Crippen LogP) is 1.62. The minimum absolute atomic E-state index is 0.193. The van der Waals surface area contributed by atoms with E-state index >= 15 is 0 Å². The number of hydrogen-bond donors (Lipinski definition) is 1. The summed E-state index contributed by atoms with van der Waals surface area (Å²) in [6.45, 7) is 6.42. The van der Waals surface area contributed by atoms with E-state index in [4.69, 9.17) is 0 Å². The molecular weight excluding hydrogens is 118 g/mol. The molecule has 0 aliphatic rings. The second-order valence-corrected chi connectivity index (χ2v) is 3.85. The van der Waals surface area contributed by atoms with E-state index in [0.29, 0.717) is 6.04 Å². The van der Waals surface area contributed by atoms with Gasteiger partial charge < -0.3 is 0 Å². The first-order chi connectivity index (χ1) is 3.66. The molecule has 0 saturated carbocycles. The summed E-state index contributed by atoms with van der Waals surface area (Å²) < 4.78 is 3.31. The highest BCUT2D eigenvalue weighted by atomic mass is 32.2. The number of hydrogen-bond acceptors (Lipinski definition) is 1. The topological polar surface area (TPSA) is 12.0 Å². The molecule has 0 aliphatic carbocycles. The van der Waals surface area contributed by atoms with E-state index in [2.05, 4.69) is 31.4 Å². The van der Waals surface area contributed by atoms with Gasteiger partial charge in [0.05, 0.1) is 0 Å². The van der Waals surface area contributed by atoms with Crippen molar-refractivity contribution in [3.63, 3.8) is 0 Å². The zero-order chi connectivity index (χ0) is 6.57. The maximum Gasteiger partial charge on any atom is 0.0110 e. The van der Waals surface area contributed by atoms with E-state index in [0.717, 1.165) is 5.75 Å². The maximum absolute atomic E-state index is 3.91. The van der Waals surface area contributed by atoms with Gasteiger partial charge in [-0.2, -0.15) is 0 Å². The maximum atomic E-state index is 3.91. The van der Waals surface area contributed by atoms with Crippen LogP contribution in [0.2, 0.25) is 0 Å². The van der Waals surface area contributed by atoms with E-state index in [1.54, 1.807) is 0 Å². The van der Waals surface area contributed by atoms with E-state index in [-0.39, 0.29) is 10.7 Å². The van der Waals surface area contributed by atoms with Crippen LogP contribution in [0.5, 0.6) is 0 Å². The fourth-order valence-corrected chi connectivity index (χ4v) is 1.25. The van der Waals surface area contributed by atoms with Crippen LogP contribution < -0.4 is 4.72 Å². The summed E-state index contributed by atoms with van der Waals surface area (Å²) in [4.78, 5) is 0. The average Bonchev–Trinajstić information content (AvgIpc) is 1.65. The minimum atomic E-state index is 0.193. The number of nitrogens with one attached hydrogen (secondary N) is 1. The third-order valence-corrected chi connectivity index (χ3v) is 2.25. The summed E-state index contributed by atoms with van der Waals surface area (Å²) in [5, 5.41) is 0. The van der Waals surface area contributed by atoms with Crippen molar-refractivity contribution in [1.29, 1.82) is 0 Å². The standard InChI is InChI=1S/C6H15NS/c1-5-8(4)7-6(2)3/h6-7H,4-5H2,1-3H3. The molecule has 50 valence electrons. The van der Waals surface area contributed by atoms with Crippen LogP contribution in [-0.4, -0.2) is 17.7 Å². The average molecular weight is 133 g/mol. The van der Waals surface area contributed by atoms with Crippen LogP contribution in [0, 0.1) is 0 Å². The lowest BCUT2D eigenvalue weighted by atomic mass is 10.4. The molecule has 0 aliphatic heterocycles. The van der Waals surface area contributed by atoms with Crippen LogP contribution >= 0.6 is 10.7 Å². The zero-order valence-electron chi connectivity index (χ0n) is 5.90. The Balaban J connectivity index is 3.25. The van der Waals surface area contributed by atoms with Gasteiger partial charge in [0.2, 0.25) is 0 Å². The molecule has 8 heavy (non-hydrogen) atoms. The minimum Gasteiger partial charge on any atom is -0.268 e. The lowest BCUT2D eigenvalue weighted by molar-refractivity contribution is 0.770. The highest BCUT2D eigenvalue weighted by molar-refractivity contribution is 8.12. The van der Waals surface area contributed by atoms with Crippen LogP contribution in [0.3, 0.4) is 0 Å². The van der Waals surface area contributed by atoms with Gasteiger partial charge in [0, 0.05) is 6.04 Å². The summed E-state index contributed by atoms with van der Waals surface area (Å²) in [6, 6.07) is 0.579. The van der Waals surface area contributed by atoms with Crippen molar-refractivity contribution in [3.05, 3.63) is 0 Å². The Labute approximate surface area is 54.5 Å². The quantitative estimate of drug-likeness (QED) is 0.577. The Morgan fingerprint density at radius 2 is 2.12 bits per heavy atom. The van der Waals surface area contributed by atoms with Crippen molar-refractivity contribution in [2.75, 3.05) is 5.75 Å². The molecule has 0 bridgehead atoms. The Hall–Kier alpha value is 0.180. The molecule has 0 saturated heterocycles. The molecule has 0 rings (SSSR count). The van der Waals surface area contributed by atoms with Crippen molar-refractivity contribution in [2.45, 2.75) is 26.8 Å². The molecule has 0 amide bonds. The van der Waals surface area contributed by atoms with Crippen molar-refractivity contribution >= 4 is 16.5 Å². The monoisotopic (exact) mass is 133 g/mol. The number of rotatable bonds is 3. The van der Waals surface area contributed by atoms with E-state index in [1.807, 2.05) is 0 Å². The van der Waals surface area contributed by atoms with Gasteiger partial charge in [-0.3, -0.25) is 4.72 Å². The van der Waals surface area contributed by atoms with Gasteiger partial charge in [-0.05, 0) is 19.6 Å². The van der Waals surface area contributed by atoms with Gasteiger partial charge in [-0.15, -0.1) is 10.7 Å². The highest BCUT2D eigenvalue weighted by Crippen LogP contribution is 2.01. The van der Waals surface area contributed by atoms with Gasteiger partial charge in [0.25, 0.3) is 0 Å². The van der Waals surface area contributed by atoms with Crippen molar-refractivity contribution < 1.29 is 0 Å². The molecule has 1 N–H and O–H groups in total. The smallest absolute Gasteiger partial charge is 0.0110 e. The fraction of sp³-hybridized carbons (Fsp3) is 0.833. The van der Waals surface area contributed by atoms with Gasteiger partial charge in [-0.25, -0.2) is 0 Å². The van der Waals surface area contributed by atoms with Crippen LogP contribution in [0.1, 0.15) is 20.8 Å². The second kappa shape index (κ2) is 4.10. The molecule has 0 radical (unpaired) electrons. The summed E-state index contributed by atoms with van der Waals surface area (Å²) >= 11 is 0. The van der Waals surface area contributed by atoms with Crippen LogP contribution in [-0.2, 0) is 0 Å². The van der Waals surface area contributed by atoms with Crippen molar-refractivity contribution in [1.82, 2.24) is 4.72 Å². The Morgan fingerprint density at radius 3 is 2.25 bits per heavy atom. The summed E-state index contributed by atoms with van der Waals surface area (Å²) in [5.41, 5.74) is 0. The first kappa shape index (κ1) is 8.18. The molecular formula is C6H15NS. The molecule has 1 atom stereocenters. The fourth-order valence-electron chi connectivity index (χ4n) is 0.417. The van der Waals surface area contributed by atoms with Gasteiger partial charge >= 0.3 is 0 Å². The second-order valence-electron chi connectivity index (χ2n) is 2.05. The molecule has 0 aromatic rings.